The van der Waals surface area contributed by atoms with Crippen LogP contribution in [0.2, 0.25) is 5.02 Å². The molecule has 0 N–H and O–H groups in total. The molecule has 1 aromatic carbocycles. The molecule has 1 aromatic rings. The predicted molar refractivity (Wildman–Crippen MR) is 88.1 cm³/mol. The molecule has 2 aliphatic rings. The molecule has 5 nitrogen and oxygen atoms in total. The van der Waals surface area contributed by atoms with Crippen LogP contribution in [0.4, 0.5) is 0 Å². The van der Waals surface area contributed by atoms with Crippen molar-refractivity contribution in [3.8, 4) is 0 Å². The van der Waals surface area contributed by atoms with Gasteiger partial charge >= 0.3 is 5.97 Å². The molecule has 0 aromatic heterocycles. The Morgan fingerprint density at radius 2 is 1.71 bits per heavy atom. The molecule has 126 valence electrons. The van der Waals surface area contributed by atoms with Gasteiger partial charge in [-0.25, -0.2) is 4.90 Å². The fourth-order valence-corrected chi connectivity index (χ4v) is 2.98. The standard InChI is InChI=1S/C18H18ClNO4/c1-10-11(2)17(22)20(16(10)21)9-24-18(23)15(12-3-4-12)13-5-7-14(19)8-6-13/h5-8,12,15H,3-4,9H2,1-2H3. The van der Waals surface area contributed by atoms with E-state index >= 15 is 0 Å². The maximum absolute atomic E-state index is 12.5. The quantitative estimate of drug-likeness (QED) is 0.606. The molecule has 1 saturated carbocycles. The number of esters is 1. The Hall–Kier alpha value is -2.14. The minimum Gasteiger partial charge on any atom is -0.443 e. The van der Waals surface area contributed by atoms with Crippen molar-refractivity contribution in [2.24, 2.45) is 5.92 Å². The van der Waals surface area contributed by atoms with Crippen molar-refractivity contribution in [1.82, 2.24) is 4.90 Å². The zero-order valence-electron chi connectivity index (χ0n) is 13.5. The maximum Gasteiger partial charge on any atom is 0.315 e. The molecule has 1 aliphatic carbocycles. The Morgan fingerprint density at radius 1 is 1.17 bits per heavy atom. The van der Waals surface area contributed by atoms with Crippen LogP contribution < -0.4 is 0 Å². The van der Waals surface area contributed by atoms with Crippen molar-refractivity contribution >= 4 is 29.4 Å². The van der Waals surface area contributed by atoms with Gasteiger partial charge in [0.25, 0.3) is 11.8 Å². The molecule has 1 unspecified atom stereocenters. The first-order valence-corrected chi connectivity index (χ1v) is 8.23. The number of carbonyl (C=O) groups excluding carboxylic acids is 3. The predicted octanol–water partition coefficient (Wildman–Crippen LogP) is 3.04. The molecule has 0 saturated heterocycles. The summed E-state index contributed by atoms with van der Waals surface area (Å²) < 4.78 is 5.30. The molecule has 1 aliphatic heterocycles. The third-order valence-corrected chi connectivity index (χ3v) is 4.86. The van der Waals surface area contributed by atoms with E-state index in [9.17, 15) is 14.4 Å². The van der Waals surface area contributed by atoms with Gasteiger partial charge in [0, 0.05) is 16.2 Å². The van der Waals surface area contributed by atoms with Gasteiger partial charge in [0.15, 0.2) is 6.73 Å². The van der Waals surface area contributed by atoms with Gasteiger partial charge in [0.2, 0.25) is 0 Å². The van der Waals surface area contributed by atoms with Crippen LogP contribution in [0.1, 0.15) is 38.2 Å². The fourth-order valence-electron chi connectivity index (χ4n) is 2.85. The number of hydrogen-bond donors (Lipinski definition) is 0. The van der Waals surface area contributed by atoms with E-state index in [0.717, 1.165) is 23.3 Å². The number of ether oxygens (including phenoxy) is 1. The lowest BCUT2D eigenvalue weighted by Gasteiger charge is -2.19. The number of hydrogen-bond acceptors (Lipinski definition) is 4. The average molecular weight is 348 g/mol. The summed E-state index contributed by atoms with van der Waals surface area (Å²) in [7, 11) is 0. The summed E-state index contributed by atoms with van der Waals surface area (Å²) in [5.41, 5.74) is 1.64. The Bertz CT molecular complexity index is 710. The highest BCUT2D eigenvalue weighted by Crippen LogP contribution is 2.43. The number of rotatable bonds is 5. The maximum atomic E-state index is 12.5. The van der Waals surface area contributed by atoms with Crippen LogP contribution in [0.3, 0.4) is 0 Å². The van der Waals surface area contributed by atoms with Crippen molar-refractivity contribution in [3.63, 3.8) is 0 Å². The third-order valence-electron chi connectivity index (χ3n) is 4.61. The van der Waals surface area contributed by atoms with Crippen LogP contribution in [0, 0.1) is 5.92 Å². The molecule has 1 heterocycles. The molecule has 0 bridgehead atoms. The van der Waals surface area contributed by atoms with Gasteiger partial charge in [-0.05, 0) is 50.3 Å². The van der Waals surface area contributed by atoms with E-state index in [2.05, 4.69) is 0 Å². The number of amides is 2. The molecule has 6 heteroatoms. The summed E-state index contributed by atoms with van der Waals surface area (Å²) in [5.74, 6) is -1.36. The SMILES string of the molecule is CC1=C(C)C(=O)N(COC(=O)C(c2ccc(Cl)cc2)C2CC2)C1=O. The minimum atomic E-state index is -0.414. The molecular formula is C18H18ClNO4. The van der Waals surface area contributed by atoms with Gasteiger partial charge in [-0.15, -0.1) is 0 Å². The van der Waals surface area contributed by atoms with Crippen LogP contribution in [0.5, 0.6) is 0 Å². The Morgan fingerprint density at radius 3 is 2.21 bits per heavy atom. The topological polar surface area (TPSA) is 63.7 Å². The third kappa shape index (κ3) is 3.08. The van der Waals surface area contributed by atoms with Crippen molar-refractivity contribution in [3.05, 3.63) is 46.0 Å². The smallest absolute Gasteiger partial charge is 0.315 e. The van der Waals surface area contributed by atoms with Crippen molar-refractivity contribution in [1.29, 1.82) is 0 Å². The normalized spacial score (nSPS) is 19.0. The van der Waals surface area contributed by atoms with E-state index in [1.165, 1.54) is 0 Å². The Labute approximate surface area is 145 Å². The minimum absolute atomic E-state index is 0.241. The van der Waals surface area contributed by atoms with Crippen LogP contribution >= 0.6 is 11.6 Å². The van der Waals surface area contributed by atoms with Crippen LogP contribution in [-0.4, -0.2) is 29.4 Å². The number of imide groups is 1. The van der Waals surface area contributed by atoms with Gasteiger partial charge in [0.1, 0.15) is 0 Å². The van der Waals surface area contributed by atoms with Gasteiger partial charge in [-0.1, -0.05) is 23.7 Å². The first-order chi connectivity index (χ1) is 11.4. The molecule has 0 spiro atoms. The molecule has 1 atom stereocenters. The number of carbonyl (C=O) groups is 3. The summed E-state index contributed by atoms with van der Waals surface area (Å²) in [6.07, 6.45) is 1.92. The largest absolute Gasteiger partial charge is 0.443 e. The summed E-state index contributed by atoms with van der Waals surface area (Å²) >= 11 is 5.90. The lowest BCUT2D eigenvalue weighted by molar-refractivity contribution is -0.156. The molecular weight excluding hydrogens is 330 g/mol. The van der Waals surface area contributed by atoms with Gasteiger partial charge in [-0.2, -0.15) is 0 Å². The second-order valence-electron chi connectivity index (χ2n) is 6.25. The summed E-state index contributed by atoms with van der Waals surface area (Å²) in [4.78, 5) is 37.5. The van der Waals surface area contributed by atoms with E-state index in [1.54, 1.807) is 26.0 Å². The number of halogens is 1. The second kappa shape index (κ2) is 6.40. The monoisotopic (exact) mass is 347 g/mol. The Balaban J connectivity index is 1.68. The summed E-state index contributed by atoms with van der Waals surface area (Å²) in [6, 6.07) is 7.11. The van der Waals surface area contributed by atoms with Crippen LogP contribution in [0.25, 0.3) is 0 Å². The second-order valence-corrected chi connectivity index (χ2v) is 6.68. The number of benzene rings is 1. The lowest BCUT2D eigenvalue weighted by Crippen LogP contribution is -2.35. The average Bonchev–Trinajstić information content (AvgIpc) is 3.37. The van der Waals surface area contributed by atoms with Gasteiger partial charge in [-0.3, -0.25) is 14.4 Å². The highest BCUT2D eigenvalue weighted by Gasteiger charge is 2.40. The molecule has 3 rings (SSSR count). The Kier molecular flexibility index (Phi) is 4.45. The lowest BCUT2D eigenvalue weighted by atomic mass is 9.94. The molecule has 2 amide bonds. The van der Waals surface area contributed by atoms with Crippen molar-refractivity contribution < 1.29 is 19.1 Å². The first kappa shape index (κ1) is 16.7. The zero-order valence-corrected chi connectivity index (χ0v) is 14.3. The summed E-state index contributed by atoms with van der Waals surface area (Å²) in [5, 5.41) is 0.604. The van der Waals surface area contributed by atoms with E-state index in [0.29, 0.717) is 16.2 Å². The molecule has 24 heavy (non-hydrogen) atoms. The van der Waals surface area contributed by atoms with E-state index in [4.69, 9.17) is 16.3 Å². The van der Waals surface area contributed by atoms with Crippen molar-refractivity contribution in [2.45, 2.75) is 32.6 Å². The highest BCUT2D eigenvalue weighted by atomic mass is 35.5. The zero-order chi connectivity index (χ0) is 17.4. The van der Waals surface area contributed by atoms with E-state index < -0.39 is 17.8 Å². The molecule has 1 fully saturated rings. The van der Waals surface area contributed by atoms with Crippen molar-refractivity contribution in [2.75, 3.05) is 6.73 Å². The van der Waals surface area contributed by atoms with Gasteiger partial charge < -0.3 is 4.74 Å². The molecule has 0 radical (unpaired) electrons. The first-order valence-electron chi connectivity index (χ1n) is 7.86. The highest BCUT2D eigenvalue weighted by molar-refractivity contribution is 6.30. The van der Waals surface area contributed by atoms with E-state index in [-0.39, 0.29) is 18.6 Å². The van der Waals surface area contributed by atoms with Crippen LogP contribution in [-0.2, 0) is 19.1 Å². The van der Waals surface area contributed by atoms with Gasteiger partial charge in [0.05, 0.1) is 5.92 Å². The fraction of sp³-hybridized carbons (Fsp3) is 0.389. The van der Waals surface area contributed by atoms with Crippen LogP contribution in [0.15, 0.2) is 35.4 Å². The van der Waals surface area contributed by atoms with E-state index in [1.807, 2.05) is 12.1 Å². The summed E-state index contributed by atoms with van der Waals surface area (Å²) in [6.45, 7) is 2.85. The number of nitrogens with zero attached hydrogens (tertiary/aromatic N) is 1.